The normalized spacial score (nSPS) is 18.4. The molecular weight excluding hydrogens is 230 g/mol. The SMILES string of the molecule is CCCCCN1C(=O)C(C)Oc2ccc(O)cc21. The summed E-state index contributed by atoms with van der Waals surface area (Å²) < 4.78 is 5.53. The van der Waals surface area contributed by atoms with Crippen molar-refractivity contribution in [1.29, 1.82) is 0 Å². The number of fused-ring (bicyclic) bond motifs is 1. The molecule has 1 unspecified atom stereocenters. The summed E-state index contributed by atoms with van der Waals surface area (Å²) in [6.07, 6.45) is 2.71. The number of anilines is 1. The van der Waals surface area contributed by atoms with Gasteiger partial charge in [-0.3, -0.25) is 4.79 Å². The molecule has 1 heterocycles. The van der Waals surface area contributed by atoms with E-state index in [0.29, 0.717) is 18.0 Å². The van der Waals surface area contributed by atoms with Crippen LogP contribution in [0.15, 0.2) is 18.2 Å². The van der Waals surface area contributed by atoms with Gasteiger partial charge in [0.25, 0.3) is 5.91 Å². The van der Waals surface area contributed by atoms with Gasteiger partial charge in [0.2, 0.25) is 0 Å². The lowest BCUT2D eigenvalue weighted by molar-refractivity contribution is -0.125. The summed E-state index contributed by atoms with van der Waals surface area (Å²) in [6.45, 7) is 4.56. The summed E-state index contributed by atoms with van der Waals surface area (Å²) in [5, 5.41) is 9.54. The zero-order valence-corrected chi connectivity index (χ0v) is 10.8. The molecule has 0 spiro atoms. The molecular formula is C14H19NO3. The van der Waals surface area contributed by atoms with Gasteiger partial charge in [-0.2, -0.15) is 0 Å². The van der Waals surface area contributed by atoms with Crippen molar-refractivity contribution < 1.29 is 14.6 Å². The first-order chi connectivity index (χ1) is 8.63. The molecule has 0 bridgehead atoms. The number of phenols is 1. The van der Waals surface area contributed by atoms with E-state index in [1.165, 1.54) is 0 Å². The fraction of sp³-hybridized carbons (Fsp3) is 0.500. The summed E-state index contributed by atoms with van der Waals surface area (Å²) in [6, 6.07) is 4.87. The van der Waals surface area contributed by atoms with Crippen molar-refractivity contribution in [3.05, 3.63) is 18.2 Å². The average Bonchev–Trinajstić information content (AvgIpc) is 2.35. The molecule has 0 saturated carbocycles. The van der Waals surface area contributed by atoms with Crippen LogP contribution in [-0.4, -0.2) is 23.7 Å². The number of hydrogen-bond acceptors (Lipinski definition) is 3. The minimum atomic E-state index is -0.455. The summed E-state index contributed by atoms with van der Waals surface area (Å²) >= 11 is 0. The zero-order valence-electron chi connectivity index (χ0n) is 10.8. The van der Waals surface area contributed by atoms with Crippen molar-refractivity contribution >= 4 is 11.6 Å². The molecule has 18 heavy (non-hydrogen) atoms. The highest BCUT2D eigenvalue weighted by Crippen LogP contribution is 2.36. The number of rotatable bonds is 4. The Morgan fingerprint density at radius 3 is 2.89 bits per heavy atom. The van der Waals surface area contributed by atoms with Crippen LogP contribution in [0.4, 0.5) is 5.69 Å². The maximum Gasteiger partial charge on any atom is 0.267 e. The molecule has 4 nitrogen and oxygen atoms in total. The molecule has 1 aliphatic rings. The van der Waals surface area contributed by atoms with Crippen molar-refractivity contribution in [2.45, 2.75) is 39.2 Å². The molecule has 1 aromatic carbocycles. The van der Waals surface area contributed by atoms with Crippen LogP contribution < -0.4 is 9.64 Å². The monoisotopic (exact) mass is 249 g/mol. The lowest BCUT2D eigenvalue weighted by Crippen LogP contribution is -2.44. The first-order valence-corrected chi connectivity index (χ1v) is 6.44. The van der Waals surface area contributed by atoms with Crippen molar-refractivity contribution in [3.63, 3.8) is 0 Å². The molecule has 1 atom stereocenters. The summed E-state index contributed by atoms with van der Waals surface area (Å²) in [5.74, 6) is 0.779. The molecule has 0 fully saturated rings. The van der Waals surface area contributed by atoms with Crippen LogP contribution in [0, 0.1) is 0 Å². The van der Waals surface area contributed by atoms with Crippen molar-refractivity contribution in [1.82, 2.24) is 0 Å². The van der Waals surface area contributed by atoms with Crippen LogP contribution >= 0.6 is 0 Å². The minimum Gasteiger partial charge on any atom is -0.508 e. The molecule has 98 valence electrons. The lowest BCUT2D eigenvalue weighted by atomic mass is 10.1. The second kappa shape index (κ2) is 5.29. The van der Waals surface area contributed by atoms with Crippen molar-refractivity contribution in [2.75, 3.05) is 11.4 Å². The van der Waals surface area contributed by atoms with E-state index in [4.69, 9.17) is 4.74 Å². The standard InChI is InChI=1S/C14H19NO3/c1-3-4-5-8-15-12-9-11(16)6-7-13(12)18-10(2)14(15)17/h6-7,9-10,16H,3-5,8H2,1-2H3. The summed E-state index contributed by atoms with van der Waals surface area (Å²) in [7, 11) is 0. The molecule has 1 aromatic rings. The number of amides is 1. The number of hydrogen-bond donors (Lipinski definition) is 1. The van der Waals surface area contributed by atoms with E-state index >= 15 is 0 Å². The quantitative estimate of drug-likeness (QED) is 0.835. The van der Waals surface area contributed by atoms with Crippen molar-refractivity contribution in [2.24, 2.45) is 0 Å². The third-order valence-electron chi connectivity index (χ3n) is 3.14. The van der Waals surface area contributed by atoms with E-state index in [0.717, 1.165) is 19.3 Å². The molecule has 2 rings (SSSR count). The maximum absolute atomic E-state index is 12.1. The molecule has 0 aliphatic carbocycles. The average molecular weight is 249 g/mol. The Bertz CT molecular complexity index is 445. The second-order valence-corrected chi connectivity index (χ2v) is 4.61. The predicted octanol–water partition coefficient (Wildman–Crippen LogP) is 2.70. The highest BCUT2D eigenvalue weighted by Gasteiger charge is 2.31. The Morgan fingerprint density at radius 1 is 1.39 bits per heavy atom. The van der Waals surface area contributed by atoms with Gasteiger partial charge in [0.1, 0.15) is 11.5 Å². The minimum absolute atomic E-state index is 0.0378. The Balaban J connectivity index is 2.26. The lowest BCUT2D eigenvalue weighted by Gasteiger charge is -2.33. The Morgan fingerprint density at radius 2 is 2.17 bits per heavy atom. The highest BCUT2D eigenvalue weighted by molar-refractivity contribution is 6.00. The maximum atomic E-state index is 12.1. The van der Waals surface area contributed by atoms with Gasteiger partial charge in [-0.1, -0.05) is 19.8 Å². The number of aromatic hydroxyl groups is 1. The van der Waals surface area contributed by atoms with Crippen LogP contribution in [0.5, 0.6) is 11.5 Å². The summed E-state index contributed by atoms with van der Waals surface area (Å²) in [4.78, 5) is 13.8. The fourth-order valence-electron chi connectivity index (χ4n) is 2.15. The van der Waals surface area contributed by atoms with E-state index in [1.54, 1.807) is 30.0 Å². The first kappa shape index (κ1) is 12.7. The molecule has 1 N–H and O–H groups in total. The molecule has 0 radical (unpaired) electrons. The van der Waals surface area contributed by atoms with E-state index in [1.807, 2.05) is 0 Å². The van der Waals surface area contributed by atoms with Gasteiger partial charge in [-0.05, 0) is 25.5 Å². The van der Waals surface area contributed by atoms with Gasteiger partial charge >= 0.3 is 0 Å². The molecule has 1 amide bonds. The Labute approximate surface area is 107 Å². The first-order valence-electron chi connectivity index (χ1n) is 6.44. The van der Waals surface area contributed by atoms with Crippen LogP contribution in [0.1, 0.15) is 33.1 Å². The highest BCUT2D eigenvalue weighted by atomic mass is 16.5. The largest absolute Gasteiger partial charge is 0.508 e. The van der Waals surface area contributed by atoms with Crippen LogP contribution in [0.25, 0.3) is 0 Å². The fourth-order valence-corrected chi connectivity index (χ4v) is 2.15. The van der Waals surface area contributed by atoms with E-state index < -0.39 is 6.10 Å². The molecule has 0 aromatic heterocycles. The van der Waals surface area contributed by atoms with Gasteiger partial charge in [0, 0.05) is 12.6 Å². The number of carbonyl (C=O) groups is 1. The number of benzene rings is 1. The summed E-state index contributed by atoms with van der Waals surface area (Å²) in [5.41, 5.74) is 0.675. The predicted molar refractivity (Wildman–Crippen MR) is 70.1 cm³/mol. The van der Waals surface area contributed by atoms with Gasteiger partial charge in [-0.15, -0.1) is 0 Å². The van der Waals surface area contributed by atoms with Gasteiger partial charge < -0.3 is 14.7 Å². The van der Waals surface area contributed by atoms with Crippen LogP contribution in [0.2, 0.25) is 0 Å². The molecule has 4 heteroatoms. The van der Waals surface area contributed by atoms with Gasteiger partial charge in [0.05, 0.1) is 5.69 Å². The van der Waals surface area contributed by atoms with Crippen molar-refractivity contribution in [3.8, 4) is 11.5 Å². The van der Waals surface area contributed by atoms with E-state index in [-0.39, 0.29) is 11.7 Å². The topological polar surface area (TPSA) is 49.8 Å². The third kappa shape index (κ3) is 2.42. The third-order valence-corrected chi connectivity index (χ3v) is 3.14. The molecule has 0 saturated heterocycles. The Hall–Kier alpha value is -1.71. The van der Waals surface area contributed by atoms with E-state index in [9.17, 15) is 9.90 Å². The van der Waals surface area contributed by atoms with Crippen LogP contribution in [-0.2, 0) is 4.79 Å². The number of nitrogens with zero attached hydrogens (tertiary/aromatic N) is 1. The van der Waals surface area contributed by atoms with Gasteiger partial charge in [-0.25, -0.2) is 0 Å². The Kier molecular flexibility index (Phi) is 3.75. The number of carbonyl (C=O) groups excluding carboxylic acids is 1. The number of unbranched alkanes of at least 4 members (excludes halogenated alkanes) is 2. The van der Waals surface area contributed by atoms with E-state index in [2.05, 4.69) is 6.92 Å². The second-order valence-electron chi connectivity index (χ2n) is 4.61. The van der Waals surface area contributed by atoms with Crippen LogP contribution in [0.3, 0.4) is 0 Å². The molecule has 1 aliphatic heterocycles. The number of ether oxygens (including phenoxy) is 1. The zero-order chi connectivity index (χ0) is 13.1. The van der Waals surface area contributed by atoms with Gasteiger partial charge in [0.15, 0.2) is 6.10 Å². The number of phenolic OH excluding ortho intramolecular Hbond substituents is 1. The smallest absolute Gasteiger partial charge is 0.267 e.